The van der Waals surface area contributed by atoms with Crippen molar-refractivity contribution in [1.29, 1.82) is 0 Å². The second-order valence-corrected chi connectivity index (χ2v) is 6.23. The number of benzene rings is 2. The fraction of sp³-hybridized carbons (Fsp3) is 0.294. The van der Waals surface area contributed by atoms with E-state index in [0.717, 1.165) is 17.3 Å². The maximum Gasteiger partial charge on any atom is 0.0294 e. The summed E-state index contributed by atoms with van der Waals surface area (Å²) in [7, 11) is 0. The number of halogens is 1. The summed E-state index contributed by atoms with van der Waals surface area (Å²) in [6.45, 7) is 2.24. The van der Waals surface area contributed by atoms with Crippen LogP contribution in [0.3, 0.4) is 0 Å². The summed E-state index contributed by atoms with van der Waals surface area (Å²) in [5.41, 5.74) is 4.35. The lowest BCUT2D eigenvalue weighted by Gasteiger charge is -2.19. The third-order valence-electron chi connectivity index (χ3n) is 3.91. The van der Waals surface area contributed by atoms with Gasteiger partial charge in [0, 0.05) is 16.6 Å². The average molecular weight is 316 g/mol. The first-order valence-electron chi connectivity index (χ1n) is 6.80. The average Bonchev–Trinajstić information content (AvgIpc) is 2.81. The van der Waals surface area contributed by atoms with Crippen LogP contribution in [-0.2, 0) is 12.8 Å². The van der Waals surface area contributed by atoms with Crippen LogP contribution in [0.15, 0.2) is 53.0 Å². The van der Waals surface area contributed by atoms with E-state index < -0.39 is 0 Å². The van der Waals surface area contributed by atoms with E-state index in [1.54, 1.807) is 0 Å². The van der Waals surface area contributed by atoms with Gasteiger partial charge in [0.2, 0.25) is 0 Å². The Morgan fingerprint density at radius 1 is 1.00 bits per heavy atom. The summed E-state index contributed by atoms with van der Waals surface area (Å²) in [5.74, 6) is 0. The zero-order chi connectivity index (χ0) is 13.2. The molecule has 0 heterocycles. The molecule has 0 aliphatic heterocycles. The van der Waals surface area contributed by atoms with Gasteiger partial charge in [0.1, 0.15) is 0 Å². The maximum absolute atomic E-state index is 3.75. The second kappa shape index (κ2) is 5.48. The van der Waals surface area contributed by atoms with Crippen molar-refractivity contribution in [2.45, 2.75) is 31.8 Å². The van der Waals surface area contributed by atoms with Crippen molar-refractivity contribution in [2.75, 3.05) is 0 Å². The Balaban J connectivity index is 1.66. The van der Waals surface area contributed by atoms with E-state index in [0.29, 0.717) is 12.1 Å². The van der Waals surface area contributed by atoms with Gasteiger partial charge in [-0.15, -0.1) is 0 Å². The van der Waals surface area contributed by atoms with Crippen LogP contribution in [0.4, 0.5) is 0 Å². The molecule has 0 amide bonds. The third kappa shape index (κ3) is 2.90. The van der Waals surface area contributed by atoms with Crippen LogP contribution in [0.1, 0.15) is 29.7 Å². The molecule has 2 aromatic carbocycles. The molecule has 1 nitrogen and oxygen atoms in total. The van der Waals surface area contributed by atoms with Crippen molar-refractivity contribution in [2.24, 2.45) is 0 Å². The number of nitrogens with one attached hydrogen (secondary N) is 1. The molecule has 1 aliphatic rings. The largest absolute Gasteiger partial charge is 0.307 e. The van der Waals surface area contributed by atoms with Gasteiger partial charge >= 0.3 is 0 Å². The Kier molecular flexibility index (Phi) is 3.72. The molecule has 0 saturated heterocycles. The quantitative estimate of drug-likeness (QED) is 0.892. The molecule has 1 N–H and O–H groups in total. The smallest absolute Gasteiger partial charge is 0.0294 e. The van der Waals surface area contributed by atoms with E-state index in [1.165, 1.54) is 16.7 Å². The van der Waals surface area contributed by atoms with Gasteiger partial charge in [-0.25, -0.2) is 0 Å². The van der Waals surface area contributed by atoms with Crippen LogP contribution in [0.25, 0.3) is 0 Å². The summed E-state index contributed by atoms with van der Waals surface area (Å²) in [6.07, 6.45) is 2.30. The predicted molar refractivity (Wildman–Crippen MR) is 83.3 cm³/mol. The Labute approximate surface area is 123 Å². The van der Waals surface area contributed by atoms with Gasteiger partial charge in [-0.2, -0.15) is 0 Å². The third-order valence-corrected chi connectivity index (χ3v) is 4.44. The van der Waals surface area contributed by atoms with Crippen molar-refractivity contribution >= 4 is 15.9 Å². The molecule has 98 valence electrons. The maximum atomic E-state index is 3.75. The molecule has 19 heavy (non-hydrogen) atoms. The molecule has 1 aliphatic carbocycles. The first kappa shape index (κ1) is 12.9. The zero-order valence-electron chi connectivity index (χ0n) is 11.1. The van der Waals surface area contributed by atoms with E-state index in [9.17, 15) is 0 Å². The van der Waals surface area contributed by atoms with Crippen molar-refractivity contribution < 1.29 is 0 Å². The van der Waals surface area contributed by atoms with E-state index in [4.69, 9.17) is 0 Å². The minimum Gasteiger partial charge on any atom is -0.307 e. The molecule has 0 bridgehead atoms. The minimum atomic E-state index is 0.396. The van der Waals surface area contributed by atoms with Crippen LogP contribution in [0.5, 0.6) is 0 Å². The van der Waals surface area contributed by atoms with Gasteiger partial charge in [0.05, 0.1) is 0 Å². The molecule has 3 rings (SSSR count). The molecule has 0 radical (unpaired) electrons. The molecule has 0 aromatic heterocycles. The van der Waals surface area contributed by atoms with E-state index in [1.807, 2.05) is 0 Å². The standard InChI is InChI=1S/C17H18BrN/c1-12(13-6-8-16(18)9-7-13)19-17-10-14-4-2-3-5-15(14)11-17/h2-9,12,17,19H,10-11H2,1H3. The molecule has 0 spiro atoms. The van der Waals surface area contributed by atoms with Gasteiger partial charge in [0.25, 0.3) is 0 Å². The summed E-state index contributed by atoms with van der Waals surface area (Å²) in [5, 5.41) is 3.75. The molecule has 2 heteroatoms. The second-order valence-electron chi connectivity index (χ2n) is 5.31. The first-order chi connectivity index (χ1) is 9.22. The van der Waals surface area contributed by atoms with Crippen molar-refractivity contribution in [3.8, 4) is 0 Å². The number of rotatable bonds is 3. The van der Waals surface area contributed by atoms with Crippen LogP contribution in [-0.4, -0.2) is 6.04 Å². The molecular weight excluding hydrogens is 298 g/mol. The monoisotopic (exact) mass is 315 g/mol. The van der Waals surface area contributed by atoms with Crippen LogP contribution in [0.2, 0.25) is 0 Å². The van der Waals surface area contributed by atoms with Crippen molar-refractivity contribution in [3.63, 3.8) is 0 Å². The number of fused-ring (bicyclic) bond motifs is 1. The van der Waals surface area contributed by atoms with Gasteiger partial charge in [0.15, 0.2) is 0 Å². The highest BCUT2D eigenvalue weighted by atomic mass is 79.9. The normalized spacial score (nSPS) is 16.3. The Morgan fingerprint density at radius 3 is 2.16 bits per heavy atom. The lowest BCUT2D eigenvalue weighted by atomic mass is 10.1. The number of hydrogen-bond donors (Lipinski definition) is 1. The van der Waals surface area contributed by atoms with Crippen molar-refractivity contribution in [1.82, 2.24) is 5.32 Å². The Bertz CT molecular complexity index is 537. The highest BCUT2D eigenvalue weighted by molar-refractivity contribution is 9.10. The summed E-state index contributed by atoms with van der Waals surface area (Å²) < 4.78 is 1.14. The van der Waals surface area contributed by atoms with E-state index in [-0.39, 0.29) is 0 Å². The van der Waals surface area contributed by atoms with Crippen molar-refractivity contribution in [3.05, 3.63) is 69.7 Å². The Morgan fingerprint density at radius 2 is 1.58 bits per heavy atom. The Hall–Kier alpha value is -1.12. The molecule has 1 atom stereocenters. The molecule has 2 aromatic rings. The molecular formula is C17H18BrN. The summed E-state index contributed by atoms with van der Waals surface area (Å²) in [6, 6.07) is 18.3. The predicted octanol–water partition coefficient (Wildman–Crippen LogP) is 4.27. The fourth-order valence-electron chi connectivity index (χ4n) is 2.88. The zero-order valence-corrected chi connectivity index (χ0v) is 12.7. The van der Waals surface area contributed by atoms with E-state index in [2.05, 4.69) is 76.7 Å². The van der Waals surface area contributed by atoms with Gasteiger partial charge < -0.3 is 5.32 Å². The minimum absolute atomic E-state index is 0.396. The lowest BCUT2D eigenvalue weighted by molar-refractivity contribution is 0.467. The van der Waals surface area contributed by atoms with Crippen LogP contribution >= 0.6 is 15.9 Å². The highest BCUT2D eigenvalue weighted by Crippen LogP contribution is 2.24. The molecule has 0 fully saturated rings. The fourth-order valence-corrected chi connectivity index (χ4v) is 3.14. The molecule has 0 saturated carbocycles. The molecule has 1 unspecified atom stereocenters. The first-order valence-corrected chi connectivity index (χ1v) is 7.60. The highest BCUT2D eigenvalue weighted by Gasteiger charge is 2.22. The summed E-state index contributed by atoms with van der Waals surface area (Å²) >= 11 is 3.48. The van der Waals surface area contributed by atoms with E-state index >= 15 is 0 Å². The topological polar surface area (TPSA) is 12.0 Å². The van der Waals surface area contributed by atoms with Gasteiger partial charge in [-0.05, 0) is 48.6 Å². The summed E-state index contributed by atoms with van der Waals surface area (Å²) in [4.78, 5) is 0. The van der Waals surface area contributed by atoms with Gasteiger partial charge in [-0.3, -0.25) is 0 Å². The van der Waals surface area contributed by atoms with Gasteiger partial charge in [-0.1, -0.05) is 52.3 Å². The lowest BCUT2D eigenvalue weighted by Crippen LogP contribution is -2.32. The van der Waals surface area contributed by atoms with Crippen LogP contribution in [0, 0.1) is 0 Å². The SMILES string of the molecule is CC(NC1Cc2ccccc2C1)c1ccc(Br)cc1. The number of hydrogen-bond acceptors (Lipinski definition) is 1. The van der Waals surface area contributed by atoms with Crippen LogP contribution < -0.4 is 5.32 Å².